The molecule has 75 valence electrons. The van der Waals surface area contributed by atoms with E-state index in [4.69, 9.17) is 9.47 Å². The van der Waals surface area contributed by atoms with Crippen LogP contribution in [0, 0.1) is 6.07 Å². The van der Waals surface area contributed by atoms with Gasteiger partial charge in [0.25, 0.3) is 0 Å². The molecule has 0 bridgehead atoms. The standard InChI is InChI=1S/C12H10NO2/c1-14-11-6-2-3-7-12(11)15-10-5-4-8-13-9-10/h2-5,7-9H,1H3. The van der Waals surface area contributed by atoms with Gasteiger partial charge in [0.05, 0.1) is 13.3 Å². The van der Waals surface area contributed by atoms with Crippen LogP contribution in [0.2, 0.25) is 0 Å². The number of hydrogen-bond acceptors (Lipinski definition) is 3. The third-order valence-electron chi connectivity index (χ3n) is 1.85. The van der Waals surface area contributed by atoms with Crippen molar-refractivity contribution in [2.24, 2.45) is 0 Å². The second-order valence-electron chi connectivity index (χ2n) is 2.86. The van der Waals surface area contributed by atoms with Crippen LogP contribution in [0.25, 0.3) is 0 Å². The molecule has 3 heteroatoms. The van der Waals surface area contributed by atoms with Gasteiger partial charge >= 0.3 is 0 Å². The van der Waals surface area contributed by atoms with Gasteiger partial charge in [0.15, 0.2) is 11.5 Å². The van der Waals surface area contributed by atoms with Crippen molar-refractivity contribution in [1.82, 2.24) is 4.98 Å². The van der Waals surface area contributed by atoms with Crippen molar-refractivity contribution < 1.29 is 9.47 Å². The molecule has 2 aromatic rings. The Morgan fingerprint density at radius 1 is 1.27 bits per heavy atom. The third kappa shape index (κ3) is 2.26. The number of ether oxygens (including phenoxy) is 2. The first-order valence-corrected chi connectivity index (χ1v) is 4.53. The molecule has 0 saturated carbocycles. The molecule has 15 heavy (non-hydrogen) atoms. The van der Waals surface area contributed by atoms with Crippen molar-refractivity contribution >= 4 is 0 Å². The Bertz CT molecular complexity index is 429. The number of pyridine rings is 1. The van der Waals surface area contributed by atoms with Gasteiger partial charge in [-0.25, -0.2) is 0 Å². The minimum Gasteiger partial charge on any atom is -0.492 e. The number of rotatable bonds is 3. The minimum atomic E-state index is 0.585. The number of para-hydroxylation sites is 1. The maximum Gasteiger partial charge on any atom is 0.170 e. The average Bonchev–Trinajstić information content (AvgIpc) is 2.31. The van der Waals surface area contributed by atoms with E-state index in [1.54, 1.807) is 25.6 Å². The fourth-order valence-electron chi connectivity index (χ4n) is 1.18. The molecule has 0 saturated heterocycles. The summed E-state index contributed by atoms with van der Waals surface area (Å²) in [5.41, 5.74) is 0. The van der Waals surface area contributed by atoms with Crippen LogP contribution in [0.3, 0.4) is 0 Å². The zero-order valence-electron chi connectivity index (χ0n) is 8.31. The van der Waals surface area contributed by atoms with Crippen molar-refractivity contribution in [3.05, 3.63) is 48.8 Å². The molecule has 0 N–H and O–H groups in total. The van der Waals surface area contributed by atoms with Crippen LogP contribution in [0.5, 0.6) is 17.2 Å². The summed E-state index contributed by atoms with van der Waals surface area (Å²) in [5.74, 6) is 1.89. The highest BCUT2D eigenvalue weighted by molar-refractivity contribution is 5.41. The molecule has 0 aliphatic heterocycles. The third-order valence-corrected chi connectivity index (χ3v) is 1.85. The van der Waals surface area contributed by atoms with Crippen molar-refractivity contribution in [3.63, 3.8) is 0 Å². The summed E-state index contributed by atoms with van der Waals surface area (Å²) in [5, 5.41) is 0. The topological polar surface area (TPSA) is 31.4 Å². The van der Waals surface area contributed by atoms with Gasteiger partial charge in [-0.15, -0.1) is 0 Å². The lowest BCUT2D eigenvalue weighted by Gasteiger charge is -2.08. The molecule has 0 aliphatic carbocycles. The van der Waals surface area contributed by atoms with E-state index >= 15 is 0 Å². The van der Waals surface area contributed by atoms with E-state index in [0.29, 0.717) is 17.2 Å². The van der Waals surface area contributed by atoms with Crippen molar-refractivity contribution in [2.75, 3.05) is 7.11 Å². The summed E-state index contributed by atoms with van der Waals surface area (Å²) >= 11 is 0. The molecule has 1 heterocycles. The number of benzene rings is 1. The van der Waals surface area contributed by atoms with Gasteiger partial charge in [0.2, 0.25) is 0 Å². The fraction of sp³-hybridized carbons (Fsp3) is 0.0833. The maximum absolute atomic E-state index is 5.58. The Kier molecular flexibility index (Phi) is 2.83. The van der Waals surface area contributed by atoms with Crippen LogP contribution in [0.4, 0.5) is 0 Å². The van der Waals surface area contributed by atoms with Crippen LogP contribution in [-0.4, -0.2) is 12.1 Å². The van der Waals surface area contributed by atoms with Gasteiger partial charge in [-0.05, 0) is 18.2 Å². The molecule has 0 fully saturated rings. The summed E-state index contributed by atoms with van der Waals surface area (Å²) in [4.78, 5) is 3.96. The zero-order chi connectivity index (χ0) is 10.5. The highest BCUT2D eigenvalue weighted by Crippen LogP contribution is 2.29. The average molecular weight is 200 g/mol. The number of aromatic nitrogens is 1. The van der Waals surface area contributed by atoms with E-state index in [1.807, 2.05) is 24.3 Å². The van der Waals surface area contributed by atoms with E-state index in [9.17, 15) is 0 Å². The molecule has 1 radical (unpaired) electrons. The van der Waals surface area contributed by atoms with E-state index in [2.05, 4.69) is 11.1 Å². The van der Waals surface area contributed by atoms with Crippen molar-refractivity contribution in [1.29, 1.82) is 0 Å². The maximum atomic E-state index is 5.58. The first-order valence-electron chi connectivity index (χ1n) is 4.53. The smallest absolute Gasteiger partial charge is 0.170 e. The van der Waals surface area contributed by atoms with Gasteiger partial charge in [-0.1, -0.05) is 12.1 Å². The number of nitrogens with zero attached hydrogens (tertiary/aromatic N) is 1. The quantitative estimate of drug-likeness (QED) is 0.763. The van der Waals surface area contributed by atoms with E-state index in [-0.39, 0.29) is 0 Å². The molecule has 2 rings (SSSR count). The Labute approximate surface area is 88.3 Å². The van der Waals surface area contributed by atoms with Gasteiger partial charge in [0.1, 0.15) is 5.75 Å². The SMILES string of the molecule is COc1[c]cccc1Oc1cccnc1. The van der Waals surface area contributed by atoms with Gasteiger partial charge in [-0.2, -0.15) is 0 Å². The highest BCUT2D eigenvalue weighted by Gasteiger charge is 2.03. The van der Waals surface area contributed by atoms with Gasteiger partial charge in [0, 0.05) is 12.3 Å². The van der Waals surface area contributed by atoms with Crippen LogP contribution in [0.1, 0.15) is 0 Å². The lowest BCUT2D eigenvalue weighted by molar-refractivity contribution is 0.377. The van der Waals surface area contributed by atoms with Crippen LogP contribution >= 0.6 is 0 Å². The Hall–Kier alpha value is -2.03. The predicted octanol–water partition coefficient (Wildman–Crippen LogP) is 2.68. The monoisotopic (exact) mass is 200 g/mol. The first-order chi connectivity index (χ1) is 7.40. The highest BCUT2D eigenvalue weighted by atomic mass is 16.5. The molecule has 0 amide bonds. The van der Waals surface area contributed by atoms with E-state index < -0.39 is 0 Å². The zero-order valence-corrected chi connectivity index (χ0v) is 8.31. The Balaban J connectivity index is 2.24. The molecular formula is C12H10NO2. The molecule has 3 nitrogen and oxygen atoms in total. The summed E-state index contributed by atoms with van der Waals surface area (Å²) in [6, 6.07) is 12.0. The molecule has 0 spiro atoms. The lowest BCUT2D eigenvalue weighted by Crippen LogP contribution is -1.90. The van der Waals surface area contributed by atoms with E-state index in [1.165, 1.54) is 0 Å². The molecule has 1 aromatic carbocycles. The van der Waals surface area contributed by atoms with Gasteiger partial charge < -0.3 is 9.47 Å². The largest absolute Gasteiger partial charge is 0.492 e. The normalized spacial score (nSPS) is 9.67. The molecule has 0 unspecified atom stereocenters. The summed E-state index contributed by atoms with van der Waals surface area (Å²) in [6.07, 6.45) is 3.34. The number of hydrogen-bond donors (Lipinski definition) is 0. The van der Waals surface area contributed by atoms with Crippen LogP contribution in [0.15, 0.2) is 42.7 Å². The fourth-order valence-corrected chi connectivity index (χ4v) is 1.18. The van der Waals surface area contributed by atoms with Crippen molar-refractivity contribution in [2.45, 2.75) is 0 Å². The summed E-state index contributed by atoms with van der Waals surface area (Å²) in [7, 11) is 1.59. The summed E-state index contributed by atoms with van der Waals surface area (Å²) in [6.45, 7) is 0. The number of methoxy groups -OCH3 is 1. The molecular weight excluding hydrogens is 190 g/mol. The minimum absolute atomic E-state index is 0.585. The second kappa shape index (κ2) is 4.46. The van der Waals surface area contributed by atoms with E-state index in [0.717, 1.165) is 0 Å². The summed E-state index contributed by atoms with van der Waals surface area (Å²) < 4.78 is 10.7. The van der Waals surface area contributed by atoms with Gasteiger partial charge in [-0.3, -0.25) is 4.98 Å². The van der Waals surface area contributed by atoms with Crippen LogP contribution in [-0.2, 0) is 0 Å². The predicted molar refractivity (Wildman–Crippen MR) is 56.1 cm³/mol. The van der Waals surface area contributed by atoms with Crippen LogP contribution < -0.4 is 9.47 Å². The second-order valence-corrected chi connectivity index (χ2v) is 2.86. The molecule has 0 atom stereocenters. The molecule has 1 aromatic heterocycles. The Morgan fingerprint density at radius 3 is 2.93 bits per heavy atom. The van der Waals surface area contributed by atoms with Crippen molar-refractivity contribution in [3.8, 4) is 17.2 Å². The lowest BCUT2D eigenvalue weighted by atomic mass is 10.3. The first kappa shape index (κ1) is 9.52. The Morgan fingerprint density at radius 2 is 2.20 bits per heavy atom. The molecule has 0 aliphatic rings.